The molecule has 28 heavy (non-hydrogen) atoms. The van der Waals surface area contributed by atoms with E-state index < -0.39 is 0 Å². The first-order valence-electron chi connectivity index (χ1n) is 8.85. The minimum Gasteiger partial charge on any atom is -0.376 e. The second-order valence-electron chi connectivity index (χ2n) is 6.38. The van der Waals surface area contributed by atoms with Crippen LogP contribution in [-0.2, 0) is 9.53 Å². The van der Waals surface area contributed by atoms with Gasteiger partial charge < -0.3 is 10.1 Å². The third-order valence-corrected chi connectivity index (χ3v) is 5.50. The molecule has 0 bridgehead atoms. The van der Waals surface area contributed by atoms with Gasteiger partial charge in [0, 0.05) is 29.8 Å². The monoisotopic (exact) mass is 419 g/mol. The van der Waals surface area contributed by atoms with Crippen LogP contribution in [0.2, 0.25) is 5.02 Å². The highest BCUT2D eigenvalue weighted by Gasteiger charge is 2.17. The fourth-order valence-corrected chi connectivity index (χ4v) is 3.83. The van der Waals surface area contributed by atoms with E-state index in [1.807, 2.05) is 12.1 Å². The molecule has 3 aromatic rings. The highest BCUT2D eigenvalue weighted by Crippen LogP contribution is 2.22. The molecule has 146 valence electrons. The summed E-state index contributed by atoms with van der Waals surface area (Å²) in [7, 11) is 0. The average molecular weight is 420 g/mol. The number of rotatable bonds is 6. The van der Waals surface area contributed by atoms with Crippen molar-refractivity contribution in [3.8, 4) is 11.4 Å². The molecule has 4 rings (SSSR count). The number of aromatic nitrogens is 4. The summed E-state index contributed by atoms with van der Waals surface area (Å²) in [5, 5.41) is 6.62. The fourth-order valence-electron chi connectivity index (χ4n) is 2.92. The lowest BCUT2D eigenvalue weighted by atomic mass is 10.2. The lowest BCUT2D eigenvalue weighted by molar-refractivity contribution is -0.119. The van der Waals surface area contributed by atoms with Gasteiger partial charge in [0.25, 0.3) is 5.56 Å². The minimum absolute atomic E-state index is 0.0945. The molecule has 1 aliphatic heterocycles. The molecule has 3 heterocycles. The molecule has 2 aromatic heterocycles. The predicted molar refractivity (Wildman–Crippen MR) is 107 cm³/mol. The third-order valence-electron chi connectivity index (χ3n) is 4.31. The van der Waals surface area contributed by atoms with E-state index in [2.05, 4.69) is 20.4 Å². The van der Waals surface area contributed by atoms with Crippen LogP contribution in [0.5, 0.6) is 0 Å². The number of hydrogen-bond donors (Lipinski definition) is 2. The molecular weight excluding hydrogens is 402 g/mol. The zero-order valence-electron chi connectivity index (χ0n) is 14.9. The number of thioether (sulfide) groups is 1. The summed E-state index contributed by atoms with van der Waals surface area (Å²) in [6, 6.07) is 8.50. The summed E-state index contributed by atoms with van der Waals surface area (Å²) < 4.78 is 6.99. The van der Waals surface area contributed by atoms with Gasteiger partial charge in [0.15, 0.2) is 16.6 Å². The number of H-pyrrole nitrogens is 1. The van der Waals surface area contributed by atoms with Crippen molar-refractivity contribution in [1.82, 2.24) is 24.9 Å². The quantitative estimate of drug-likeness (QED) is 0.593. The molecule has 1 aromatic carbocycles. The minimum atomic E-state index is -0.285. The molecule has 1 amide bonds. The Morgan fingerprint density at radius 3 is 2.93 bits per heavy atom. The molecule has 1 fully saturated rings. The van der Waals surface area contributed by atoms with E-state index in [1.54, 1.807) is 12.1 Å². The van der Waals surface area contributed by atoms with Gasteiger partial charge in [0.2, 0.25) is 5.91 Å². The zero-order valence-corrected chi connectivity index (χ0v) is 16.4. The van der Waals surface area contributed by atoms with Crippen molar-refractivity contribution in [1.29, 1.82) is 0 Å². The number of nitrogens with zero attached hydrogens (tertiary/aromatic N) is 3. The van der Waals surface area contributed by atoms with Crippen LogP contribution in [-0.4, -0.2) is 50.5 Å². The SMILES string of the molecule is O=C(CSc1nc(-c2ccc(Cl)cc2)nc2cc(=O)[nH]n12)NCC1CCCO1. The van der Waals surface area contributed by atoms with Crippen molar-refractivity contribution in [2.24, 2.45) is 0 Å². The number of benzene rings is 1. The topological polar surface area (TPSA) is 101 Å². The van der Waals surface area contributed by atoms with Crippen LogP contribution in [0.4, 0.5) is 0 Å². The largest absolute Gasteiger partial charge is 0.376 e. The molecule has 8 nitrogen and oxygen atoms in total. The van der Waals surface area contributed by atoms with Crippen LogP contribution < -0.4 is 10.9 Å². The van der Waals surface area contributed by atoms with E-state index in [4.69, 9.17) is 16.3 Å². The van der Waals surface area contributed by atoms with Crippen molar-refractivity contribution in [3.05, 3.63) is 45.7 Å². The highest BCUT2D eigenvalue weighted by molar-refractivity contribution is 7.99. The molecule has 0 spiro atoms. The molecule has 1 aliphatic rings. The number of nitrogens with one attached hydrogen (secondary N) is 2. The van der Waals surface area contributed by atoms with Gasteiger partial charge in [0.1, 0.15) is 0 Å². The summed E-state index contributed by atoms with van der Waals surface area (Å²) in [4.78, 5) is 32.9. The van der Waals surface area contributed by atoms with Crippen molar-refractivity contribution in [3.63, 3.8) is 0 Å². The Morgan fingerprint density at radius 1 is 1.36 bits per heavy atom. The van der Waals surface area contributed by atoms with Gasteiger partial charge in [-0.25, -0.2) is 14.5 Å². The number of carbonyl (C=O) groups excluding carboxylic acids is 1. The molecule has 10 heteroatoms. The number of ether oxygens (including phenoxy) is 1. The lowest BCUT2D eigenvalue weighted by Gasteiger charge is -2.11. The van der Waals surface area contributed by atoms with E-state index >= 15 is 0 Å². The van der Waals surface area contributed by atoms with Crippen molar-refractivity contribution >= 4 is 34.9 Å². The Hall–Kier alpha value is -2.36. The first-order chi connectivity index (χ1) is 13.6. The molecule has 2 N–H and O–H groups in total. The Balaban J connectivity index is 1.52. The highest BCUT2D eigenvalue weighted by atomic mass is 35.5. The number of fused-ring (bicyclic) bond motifs is 1. The summed E-state index contributed by atoms with van der Waals surface area (Å²) in [5.41, 5.74) is 0.921. The number of hydrogen-bond acceptors (Lipinski definition) is 6. The van der Waals surface area contributed by atoms with E-state index in [-0.39, 0.29) is 23.3 Å². The Kier molecular flexibility index (Phi) is 5.65. The maximum atomic E-state index is 12.2. The van der Waals surface area contributed by atoms with Crippen LogP contribution in [0.1, 0.15) is 12.8 Å². The van der Waals surface area contributed by atoms with Gasteiger partial charge in [-0.1, -0.05) is 23.4 Å². The van der Waals surface area contributed by atoms with Crippen molar-refractivity contribution < 1.29 is 9.53 Å². The fraction of sp³-hybridized carbons (Fsp3) is 0.333. The van der Waals surface area contributed by atoms with Crippen molar-refractivity contribution in [2.45, 2.75) is 24.1 Å². The summed E-state index contributed by atoms with van der Waals surface area (Å²) in [6.45, 7) is 1.26. The van der Waals surface area contributed by atoms with Gasteiger partial charge in [-0.05, 0) is 37.1 Å². The zero-order chi connectivity index (χ0) is 19.5. The maximum absolute atomic E-state index is 12.2. The summed E-state index contributed by atoms with van der Waals surface area (Å²) >= 11 is 7.17. The van der Waals surface area contributed by atoms with Gasteiger partial charge in [-0.2, -0.15) is 0 Å². The summed E-state index contributed by atoms with van der Waals surface area (Å²) in [6.07, 6.45) is 2.09. The molecule has 0 saturated carbocycles. The Labute approximate surface area is 169 Å². The van der Waals surface area contributed by atoms with Gasteiger partial charge in [-0.15, -0.1) is 0 Å². The predicted octanol–water partition coefficient (Wildman–Crippen LogP) is 2.13. The van der Waals surface area contributed by atoms with E-state index in [9.17, 15) is 9.59 Å². The maximum Gasteiger partial charge on any atom is 0.266 e. The first-order valence-corrected chi connectivity index (χ1v) is 10.2. The van der Waals surface area contributed by atoms with Crippen LogP contribution in [0.15, 0.2) is 40.3 Å². The normalized spacial score (nSPS) is 16.5. The van der Waals surface area contributed by atoms with Gasteiger partial charge >= 0.3 is 0 Å². The Bertz CT molecular complexity index is 1040. The second-order valence-corrected chi connectivity index (χ2v) is 7.76. The van der Waals surface area contributed by atoms with Crippen LogP contribution in [0.25, 0.3) is 17.0 Å². The number of halogens is 1. The third kappa shape index (κ3) is 4.37. The van der Waals surface area contributed by atoms with E-state index in [1.165, 1.54) is 22.3 Å². The summed E-state index contributed by atoms with van der Waals surface area (Å²) in [5.74, 6) is 0.506. The molecule has 0 radical (unpaired) electrons. The molecular formula is C18H18ClN5O3S. The van der Waals surface area contributed by atoms with Crippen LogP contribution in [0, 0.1) is 0 Å². The molecule has 1 saturated heterocycles. The van der Waals surface area contributed by atoms with E-state index in [0.717, 1.165) is 25.0 Å². The van der Waals surface area contributed by atoms with Crippen LogP contribution in [0.3, 0.4) is 0 Å². The van der Waals surface area contributed by atoms with Crippen molar-refractivity contribution in [2.75, 3.05) is 18.9 Å². The van der Waals surface area contributed by atoms with Gasteiger partial charge in [0.05, 0.1) is 11.9 Å². The van der Waals surface area contributed by atoms with Gasteiger partial charge in [-0.3, -0.25) is 14.7 Å². The van der Waals surface area contributed by atoms with Crippen LogP contribution >= 0.6 is 23.4 Å². The Morgan fingerprint density at radius 2 is 2.18 bits per heavy atom. The molecule has 1 atom stereocenters. The second kappa shape index (κ2) is 8.34. The molecule has 0 aliphatic carbocycles. The smallest absolute Gasteiger partial charge is 0.266 e. The number of amides is 1. The lowest BCUT2D eigenvalue weighted by Crippen LogP contribution is -2.33. The van der Waals surface area contributed by atoms with E-state index in [0.29, 0.717) is 28.2 Å². The number of carbonyl (C=O) groups is 1. The first kappa shape index (κ1) is 19.0. The number of aromatic amines is 1. The standard InChI is InChI=1S/C18H18ClN5O3S/c19-12-5-3-11(4-6-12)17-21-14-8-15(25)23-24(14)18(22-17)28-10-16(26)20-9-13-2-1-7-27-13/h3-6,8,13H,1-2,7,9-10H2,(H,20,26)(H,23,25). The molecule has 1 unspecified atom stereocenters. The average Bonchev–Trinajstić information content (AvgIpc) is 3.33.